The van der Waals surface area contributed by atoms with Crippen LogP contribution in [0.1, 0.15) is 37.7 Å². The average molecular weight is 366 g/mol. The van der Waals surface area contributed by atoms with Crippen molar-refractivity contribution < 1.29 is 14.9 Å². The van der Waals surface area contributed by atoms with Gasteiger partial charge in [-0.2, -0.15) is 5.10 Å². The SMILES string of the molecule is O=CN/N=C(\c1c(BO)cnc2[nH]ccc12)C1C2CC3C[C@@H]1CC(O)(C3)C2. The molecule has 27 heavy (non-hydrogen) atoms. The highest BCUT2D eigenvalue weighted by molar-refractivity contribution is 6.49. The minimum absolute atomic E-state index is 0.141. The van der Waals surface area contributed by atoms with E-state index in [2.05, 4.69) is 20.5 Å². The van der Waals surface area contributed by atoms with Crippen molar-refractivity contribution in [2.24, 2.45) is 28.8 Å². The zero-order valence-electron chi connectivity index (χ0n) is 15.1. The molecule has 0 saturated heterocycles. The lowest BCUT2D eigenvalue weighted by Gasteiger charge is -2.58. The van der Waals surface area contributed by atoms with Gasteiger partial charge in [-0.1, -0.05) is 0 Å². The molecule has 0 radical (unpaired) electrons. The van der Waals surface area contributed by atoms with Crippen LogP contribution in [-0.4, -0.2) is 45.3 Å². The Bertz CT molecular complexity index is 911. The number of hydrogen-bond donors (Lipinski definition) is 4. The number of hydrogen-bond acceptors (Lipinski definition) is 5. The molecule has 2 heterocycles. The molecular weight excluding hydrogens is 343 g/mol. The summed E-state index contributed by atoms with van der Waals surface area (Å²) in [6.45, 7) is 0. The Kier molecular flexibility index (Phi) is 3.87. The van der Waals surface area contributed by atoms with Crippen LogP contribution in [-0.2, 0) is 4.79 Å². The number of rotatable bonds is 5. The Morgan fingerprint density at radius 1 is 1.37 bits per heavy atom. The summed E-state index contributed by atoms with van der Waals surface area (Å²) >= 11 is 0. The lowest BCUT2D eigenvalue weighted by atomic mass is 9.49. The van der Waals surface area contributed by atoms with Crippen LogP contribution in [0.3, 0.4) is 0 Å². The Balaban J connectivity index is 1.66. The number of aromatic amines is 1. The summed E-state index contributed by atoms with van der Waals surface area (Å²) in [6.07, 6.45) is 8.78. The van der Waals surface area contributed by atoms with E-state index in [0.29, 0.717) is 29.6 Å². The summed E-state index contributed by atoms with van der Waals surface area (Å²) in [5.41, 5.74) is 5.10. The molecule has 0 aromatic carbocycles. The minimum atomic E-state index is -0.530. The van der Waals surface area contributed by atoms with Gasteiger partial charge >= 0.3 is 7.48 Å². The van der Waals surface area contributed by atoms with E-state index in [4.69, 9.17) is 0 Å². The number of H-pyrrole nitrogens is 1. The quantitative estimate of drug-likeness (QED) is 0.262. The number of aliphatic hydroxyl groups is 1. The van der Waals surface area contributed by atoms with Gasteiger partial charge in [0.05, 0.1) is 11.3 Å². The van der Waals surface area contributed by atoms with Crippen LogP contribution in [0.15, 0.2) is 23.6 Å². The Hall–Kier alpha value is -2.19. The first-order valence-electron chi connectivity index (χ1n) is 9.67. The maximum Gasteiger partial charge on any atom is 0.307 e. The van der Waals surface area contributed by atoms with Gasteiger partial charge in [0.1, 0.15) is 5.65 Å². The molecule has 5 atom stereocenters. The zero-order valence-corrected chi connectivity index (χ0v) is 15.1. The van der Waals surface area contributed by atoms with Gasteiger partial charge in [0.2, 0.25) is 6.41 Å². The predicted octanol–water partition coefficient (Wildman–Crippen LogP) is 0.169. The second-order valence-corrected chi connectivity index (χ2v) is 8.52. The highest BCUT2D eigenvalue weighted by atomic mass is 16.3. The standard InChI is InChI=1S/C19H23BN4O3/c25-9-23-24-17(16-13-1-2-21-18(13)22-8-14(16)20-27)15-11-3-10-4-12(15)7-19(26,5-10)6-11/h1-2,8-12,15,20,26-27H,3-7H2,(H,21,22)(H,23,25)/b24-17-/t10?,11-,12?,15?,19?/m1/s1. The molecule has 2 aromatic rings. The molecule has 4 aliphatic rings. The van der Waals surface area contributed by atoms with Crippen molar-refractivity contribution in [1.82, 2.24) is 15.4 Å². The molecule has 0 spiro atoms. The average Bonchev–Trinajstić information content (AvgIpc) is 3.10. The largest absolute Gasteiger partial charge is 0.449 e. The van der Waals surface area contributed by atoms with Crippen LogP contribution in [0, 0.1) is 23.7 Å². The van der Waals surface area contributed by atoms with E-state index in [-0.39, 0.29) is 13.4 Å². The number of nitrogens with zero attached hydrogens (tertiary/aromatic N) is 2. The normalized spacial score (nSPS) is 34.8. The van der Waals surface area contributed by atoms with Crippen LogP contribution in [0.5, 0.6) is 0 Å². The molecule has 0 aliphatic heterocycles. The topological polar surface area (TPSA) is 111 Å². The van der Waals surface area contributed by atoms with E-state index in [1.54, 1.807) is 6.20 Å². The summed E-state index contributed by atoms with van der Waals surface area (Å²) in [5, 5.41) is 26.3. The minimum Gasteiger partial charge on any atom is -0.449 e. The molecule has 140 valence electrons. The van der Waals surface area contributed by atoms with Gasteiger partial charge in [-0.15, -0.1) is 0 Å². The van der Waals surface area contributed by atoms with Gasteiger partial charge in [0.25, 0.3) is 0 Å². The molecular formula is C19H23BN4O3. The Morgan fingerprint density at radius 2 is 2.15 bits per heavy atom. The van der Waals surface area contributed by atoms with E-state index in [1.165, 1.54) is 0 Å². The summed E-state index contributed by atoms with van der Waals surface area (Å²) in [5.74, 6) is 1.45. The van der Waals surface area contributed by atoms with Crippen LogP contribution in [0.4, 0.5) is 0 Å². The van der Waals surface area contributed by atoms with Crippen molar-refractivity contribution in [2.45, 2.75) is 37.7 Å². The molecule has 4 unspecified atom stereocenters. The van der Waals surface area contributed by atoms with Crippen molar-refractivity contribution in [3.05, 3.63) is 24.0 Å². The van der Waals surface area contributed by atoms with Gasteiger partial charge in [-0.3, -0.25) is 4.79 Å². The first-order valence-corrected chi connectivity index (χ1v) is 9.67. The summed E-state index contributed by atoms with van der Waals surface area (Å²) in [4.78, 5) is 18.5. The van der Waals surface area contributed by atoms with Crippen LogP contribution >= 0.6 is 0 Å². The molecule has 4 N–H and O–H groups in total. The van der Waals surface area contributed by atoms with Gasteiger partial charge in [-0.25, -0.2) is 10.4 Å². The molecule has 4 aliphatic carbocycles. The van der Waals surface area contributed by atoms with E-state index in [1.807, 2.05) is 12.3 Å². The fourth-order valence-corrected chi connectivity index (χ4v) is 6.29. The number of carbonyl (C=O) groups is 1. The van der Waals surface area contributed by atoms with Crippen molar-refractivity contribution in [1.29, 1.82) is 0 Å². The number of nitrogens with one attached hydrogen (secondary N) is 2. The van der Waals surface area contributed by atoms with Gasteiger partial charge in [0, 0.05) is 29.3 Å². The predicted molar refractivity (Wildman–Crippen MR) is 103 cm³/mol. The van der Waals surface area contributed by atoms with Gasteiger partial charge < -0.3 is 15.1 Å². The zero-order chi connectivity index (χ0) is 18.6. The summed E-state index contributed by atoms with van der Waals surface area (Å²) in [7, 11) is -0.141. The maximum atomic E-state index is 11.0. The smallest absolute Gasteiger partial charge is 0.307 e. The van der Waals surface area contributed by atoms with Crippen molar-refractivity contribution in [3.63, 3.8) is 0 Å². The second-order valence-electron chi connectivity index (χ2n) is 8.52. The lowest BCUT2D eigenvalue weighted by Crippen LogP contribution is -2.57. The number of carbonyl (C=O) groups excluding carboxylic acids is 1. The number of pyridine rings is 1. The third kappa shape index (κ3) is 2.62. The molecule has 2 aromatic heterocycles. The molecule has 8 heteroatoms. The monoisotopic (exact) mass is 366 g/mol. The highest BCUT2D eigenvalue weighted by Crippen LogP contribution is 2.59. The van der Waals surface area contributed by atoms with E-state index in [0.717, 1.165) is 54.4 Å². The van der Waals surface area contributed by atoms with Crippen LogP contribution in [0.25, 0.3) is 11.0 Å². The van der Waals surface area contributed by atoms with Crippen molar-refractivity contribution >= 4 is 36.1 Å². The number of aromatic nitrogens is 2. The van der Waals surface area contributed by atoms with Gasteiger partial charge in [0.15, 0.2) is 0 Å². The number of hydrazone groups is 1. The molecule has 4 fully saturated rings. The first kappa shape index (κ1) is 17.0. The van der Waals surface area contributed by atoms with Crippen molar-refractivity contribution in [2.75, 3.05) is 0 Å². The Labute approximate surface area is 157 Å². The number of fused-ring (bicyclic) bond motifs is 1. The Morgan fingerprint density at radius 3 is 2.81 bits per heavy atom. The third-order valence-electron chi connectivity index (χ3n) is 6.89. The first-order chi connectivity index (χ1) is 13.1. The second kappa shape index (κ2) is 6.17. The molecule has 7 nitrogen and oxygen atoms in total. The molecule has 1 amide bonds. The van der Waals surface area contributed by atoms with Gasteiger partial charge in [-0.05, 0) is 61.4 Å². The maximum absolute atomic E-state index is 11.0. The molecule has 6 rings (SSSR count). The molecule has 4 saturated carbocycles. The van der Waals surface area contributed by atoms with E-state index < -0.39 is 5.60 Å². The summed E-state index contributed by atoms with van der Waals surface area (Å²) in [6, 6.07) is 1.94. The third-order valence-corrected chi connectivity index (χ3v) is 6.89. The van der Waals surface area contributed by atoms with Crippen LogP contribution < -0.4 is 10.9 Å². The van der Waals surface area contributed by atoms with E-state index >= 15 is 0 Å². The summed E-state index contributed by atoms with van der Waals surface area (Å²) < 4.78 is 0. The van der Waals surface area contributed by atoms with Crippen LogP contribution in [0.2, 0.25) is 0 Å². The van der Waals surface area contributed by atoms with Crippen molar-refractivity contribution in [3.8, 4) is 0 Å². The fourth-order valence-electron chi connectivity index (χ4n) is 6.29. The highest BCUT2D eigenvalue weighted by Gasteiger charge is 2.56. The number of amides is 1. The lowest BCUT2D eigenvalue weighted by molar-refractivity contribution is -0.138. The fraction of sp³-hybridized carbons (Fsp3) is 0.526. The molecule has 4 bridgehead atoms. The van der Waals surface area contributed by atoms with E-state index in [9.17, 15) is 14.9 Å².